The zero-order chi connectivity index (χ0) is 22.3. The lowest BCUT2D eigenvalue weighted by atomic mass is 9.97. The predicted octanol–water partition coefficient (Wildman–Crippen LogP) is 5.18. The Morgan fingerprint density at radius 1 is 1.09 bits per heavy atom. The lowest BCUT2D eigenvalue weighted by molar-refractivity contribution is -0.136. The van der Waals surface area contributed by atoms with Crippen LogP contribution in [0.4, 0.5) is 24.5 Å². The Kier molecular flexibility index (Phi) is 4.66. The van der Waals surface area contributed by atoms with E-state index < -0.39 is 11.7 Å². The van der Waals surface area contributed by atoms with E-state index in [2.05, 4.69) is 25.8 Å². The molecule has 0 unspecified atom stereocenters. The number of halogens is 3. The van der Waals surface area contributed by atoms with Crippen molar-refractivity contribution in [2.75, 3.05) is 10.6 Å². The number of fused-ring (bicyclic) bond motifs is 2. The van der Waals surface area contributed by atoms with Gasteiger partial charge in [-0.1, -0.05) is 18.2 Å². The number of amides is 1. The van der Waals surface area contributed by atoms with Gasteiger partial charge in [0.05, 0.1) is 28.7 Å². The highest BCUT2D eigenvalue weighted by molar-refractivity contribution is 6.10. The SMILES string of the molecule is O=C(Nc1ccc2cn[nH]c2c1)C1=CC=C2N=C(Nc3ccccc3C(F)(F)F)C=C2C1. The molecule has 0 saturated heterocycles. The fourth-order valence-electron chi connectivity index (χ4n) is 3.63. The molecule has 1 aromatic heterocycles. The molecule has 3 N–H and O–H groups in total. The average Bonchev–Trinajstić information content (AvgIpc) is 3.38. The number of nitrogens with one attached hydrogen (secondary N) is 3. The molecule has 0 atom stereocenters. The minimum absolute atomic E-state index is 0.0741. The van der Waals surface area contributed by atoms with E-state index in [-0.39, 0.29) is 11.6 Å². The number of aliphatic imine (C=N–C) groups is 1. The molecule has 2 aromatic carbocycles. The van der Waals surface area contributed by atoms with Crippen molar-refractivity contribution in [1.29, 1.82) is 0 Å². The summed E-state index contributed by atoms with van der Waals surface area (Å²) in [5.74, 6) is 0.0339. The van der Waals surface area contributed by atoms with Crippen LogP contribution >= 0.6 is 0 Å². The lowest BCUT2D eigenvalue weighted by Crippen LogP contribution is -2.16. The summed E-state index contributed by atoms with van der Waals surface area (Å²) < 4.78 is 39.7. The van der Waals surface area contributed by atoms with Gasteiger partial charge in [0.25, 0.3) is 5.91 Å². The summed E-state index contributed by atoms with van der Waals surface area (Å²) in [6.45, 7) is 0. The summed E-state index contributed by atoms with van der Waals surface area (Å²) in [4.78, 5) is 17.1. The second-order valence-corrected chi connectivity index (χ2v) is 7.38. The molecule has 0 fully saturated rings. The maximum Gasteiger partial charge on any atom is 0.418 e. The highest BCUT2D eigenvalue weighted by atomic mass is 19.4. The second-order valence-electron chi connectivity index (χ2n) is 7.38. The molecule has 2 heterocycles. The van der Waals surface area contributed by atoms with Gasteiger partial charge in [0.2, 0.25) is 0 Å². The number of anilines is 2. The van der Waals surface area contributed by atoms with E-state index in [1.165, 1.54) is 18.2 Å². The first-order valence-electron chi connectivity index (χ1n) is 9.75. The monoisotopic (exact) mass is 435 g/mol. The molecule has 32 heavy (non-hydrogen) atoms. The van der Waals surface area contributed by atoms with Gasteiger partial charge in [-0.3, -0.25) is 9.89 Å². The van der Waals surface area contributed by atoms with E-state index >= 15 is 0 Å². The quantitative estimate of drug-likeness (QED) is 0.530. The molecule has 160 valence electrons. The molecule has 1 amide bonds. The average molecular weight is 435 g/mol. The molecule has 0 spiro atoms. The summed E-state index contributed by atoms with van der Waals surface area (Å²) >= 11 is 0. The van der Waals surface area contributed by atoms with Crippen molar-refractivity contribution >= 4 is 34.0 Å². The molecular formula is C23H16F3N5O. The number of benzene rings is 2. The normalized spacial score (nSPS) is 15.5. The molecule has 0 saturated carbocycles. The molecule has 1 aliphatic carbocycles. The molecule has 0 radical (unpaired) electrons. The number of hydrogen-bond donors (Lipinski definition) is 3. The summed E-state index contributed by atoms with van der Waals surface area (Å²) in [6.07, 6.45) is 2.56. The Morgan fingerprint density at radius 3 is 2.78 bits per heavy atom. The van der Waals surface area contributed by atoms with Crippen LogP contribution in [0.2, 0.25) is 0 Å². The number of hydrogen-bond acceptors (Lipinski definition) is 4. The highest BCUT2D eigenvalue weighted by Gasteiger charge is 2.33. The summed E-state index contributed by atoms with van der Waals surface area (Å²) in [5, 5.41) is 13.4. The van der Waals surface area contributed by atoms with E-state index in [0.717, 1.165) is 22.5 Å². The zero-order valence-electron chi connectivity index (χ0n) is 16.5. The third-order valence-corrected chi connectivity index (χ3v) is 5.19. The molecular weight excluding hydrogens is 419 g/mol. The number of amidine groups is 1. The van der Waals surface area contributed by atoms with Crippen LogP contribution in [0.25, 0.3) is 10.9 Å². The fraction of sp³-hybridized carbons (Fsp3) is 0.0870. The highest BCUT2D eigenvalue weighted by Crippen LogP contribution is 2.36. The number of aromatic amines is 1. The van der Waals surface area contributed by atoms with Crippen LogP contribution in [0.3, 0.4) is 0 Å². The second kappa shape index (κ2) is 7.52. The van der Waals surface area contributed by atoms with Gasteiger partial charge in [-0.15, -0.1) is 0 Å². The van der Waals surface area contributed by atoms with Crippen molar-refractivity contribution in [2.24, 2.45) is 4.99 Å². The van der Waals surface area contributed by atoms with Crippen LogP contribution in [-0.2, 0) is 11.0 Å². The zero-order valence-corrected chi connectivity index (χ0v) is 16.5. The van der Waals surface area contributed by atoms with Gasteiger partial charge < -0.3 is 10.6 Å². The van der Waals surface area contributed by atoms with Crippen molar-refractivity contribution in [3.8, 4) is 0 Å². The van der Waals surface area contributed by atoms with E-state index in [1.54, 1.807) is 36.6 Å². The molecule has 9 heteroatoms. The number of para-hydroxylation sites is 1. The summed E-state index contributed by atoms with van der Waals surface area (Å²) in [5.41, 5.74) is 2.50. The number of rotatable bonds is 3. The Bertz CT molecular complexity index is 1360. The minimum Gasteiger partial charge on any atom is -0.340 e. The number of alkyl halides is 3. The van der Waals surface area contributed by atoms with Crippen LogP contribution < -0.4 is 10.6 Å². The van der Waals surface area contributed by atoms with Gasteiger partial charge >= 0.3 is 6.18 Å². The third kappa shape index (κ3) is 3.80. The molecule has 1 aliphatic heterocycles. The molecule has 6 nitrogen and oxygen atoms in total. The molecule has 0 bridgehead atoms. The van der Waals surface area contributed by atoms with E-state index in [9.17, 15) is 18.0 Å². The van der Waals surface area contributed by atoms with Gasteiger partial charge in [0.15, 0.2) is 0 Å². The Balaban J connectivity index is 1.30. The molecule has 2 aliphatic rings. The number of aromatic nitrogens is 2. The maximum absolute atomic E-state index is 13.2. The smallest absolute Gasteiger partial charge is 0.340 e. The lowest BCUT2D eigenvalue weighted by Gasteiger charge is -2.13. The van der Waals surface area contributed by atoms with Crippen LogP contribution in [0.15, 0.2) is 88.7 Å². The first kappa shape index (κ1) is 19.8. The molecule has 5 rings (SSSR count). The Labute approximate surface area is 180 Å². The number of carbonyl (C=O) groups is 1. The van der Waals surface area contributed by atoms with Crippen LogP contribution in [0.5, 0.6) is 0 Å². The number of carbonyl (C=O) groups excluding carboxylic acids is 1. The van der Waals surface area contributed by atoms with Crippen LogP contribution in [0.1, 0.15) is 12.0 Å². The van der Waals surface area contributed by atoms with Crippen molar-refractivity contribution in [3.05, 3.63) is 89.3 Å². The van der Waals surface area contributed by atoms with Crippen molar-refractivity contribution in [3.63, 3.8) is 0 Å². The number of H-pyrrole nitrogens is 1. The van der Waals surface area contributed by atoms with Gasteiger partial charge in [0, 0.05) is 23.1 Å². The van der Waals surface area contributed by atoms with E-state index in [1.807, 2.05) is 6.07 Å². The predicted molar refractivity (Wildman–Crippen MR) is 116 cm³/mol. The largest absolute Gasteiger partial charge is 0.418 e. The van der Waals surface area contributed by atoms with Gasteiger partial charge in [-0.25, -0.2) is 4.99 Å². The number of allylic oxidation sites excluding steroid dienone is 3. The van der Waals surface area contributed by atoms with Crippen LogP contribution in [-0.4, -0.2) is 21.9 Å². The topological polar surface area (TPSA) is 82.2 Å². The Morgan fingerprint density at radius 2 is 1.94 bits per heavy atom. The summed E-state index contributed by atoms with van der Waals surface area (Å²) in [7, 11) is 0. The number of nitrogens with zero attached hydrogens (tertiary/aromatic N) is 2. The standard InChI is InChI=1S/C23H16F3N5O/c24-23(25,26)17-3-1-2-4-19(17)30-21-10-15-9-13(6-8-18(15)29-21)22(32)28-16-7-5-14-12-27-31-20(14)11-16/h1-8,10-12H,9H2,(H,27,31)(H,28,32)(H,29,30). The maximum atomic E-state index is 13.2. The van der Waals surface area contributed by atoms with Gasteiger partial charge in [-0.2, -0.15) is 18.3 Å². The summed E-state index contributed by atoms with van der Waals surface area (Å²) in [6, 6.07) is 10.7. The molecule has 3 aromatic rings. The van der Waals surface area contributed by atoms with Crippen molar-refractivity contribution in [2.45, 2.75) is 12.6 Å². The first-order valence-corrected chi connectivity index (χ1v) is 9.75. The van der Waals surface area contributed by atoms with E-state index in [4.69, 9.17) is 0 Å². The fourth-order valence-corrected chi connectivity index (χ4v) is 3.63. The van der Waals surface area contributed by atoms with Crippen molar-refractivity contribution in [1.82, 2.24) is 10.2 Å². The first-order chi connectivity index (χ1) is 15.4. The Hall–Kier alpha value is -4.14. The minimum atomic E-state index is -4.48. The van der Waals surface area contributed by atoms with Crippen molar-refractivity contribution < 1.29 is 18.0 Å². The van der Waals surface area contributed by atoms with Crippen LogP contribution in [0, 0.1) is 0 Å². The third-order valence-electron chi connectivity index (χ3n) is 5.19. The van der Waals surface area contributed by atoms with Gasteiger partial charge in [0.1, 0.15) is 5.84 Å². The van der Waals surface area contributed by atoms with E-state index in [0.29, 0.717) is 29.2 Å². The van der Waals surface area contributed by atoms with Gasteiger partial charge in [-0.05, 0) is 48.1 Å².